The molecule has 1 heterocycles. The second kappa shape index (κ2) is 3.05. The van der Waals surface area contributed by atoms with Crippen LogP contribution in [0.25, 0.3) is 0 Å². The van der Waals surface area contributed by atoms with Gasteiger partial charge in [0, 0.05) is 10.6 Å². The number of aliphatic hydroxyl groups is 1. The zero-order chi connectivity index (χ0) is 8.55. The number of rotatable bonds is 1. The monoisotopic (exact) mass is 184 g/mol. The highest BCUT2D eigenvalue weighted by Gasteiger charge is 2.25. The van der Waals surface area contributed by atoms with Gasteiger partial charge in [0.2, 0.25) is 0 Å². The molecule has 0 amide bonds. The lowest BCUT2D eigenvalue weighted by Crippen LogP contribution is -2.24. The minimum atomic E-state index is -0.243. The van der Waals surface area contributed by atoms with Crippen LogP contribution in [0.5, 0.6) is 0 Å². The highest BCUT2D eigenvalue weighted by molar-refractivity contribution is 6.32. The van der Waals surface area contributed by atoms with Gasteiger partial charge in [-0.15, -0.1) is 0 Å². The number of hydrogen-bond donors (Lipinski definition) is 1. The fourth-order valence-corrected chi connectivity index (χ4v) is 1.77. The molecule has 0 saturated carbocycles. The zero-order valence-corrected chi connectivity index (χ0v) is 7.21. The molecule has 0 bridgehead atoms. The highest BCUT2D eigenvalue weighted by atomic mass is 35.5. The second-order valence-corrected chi connectivity index (χ2v) is 3.17. The Morgan fingerprint density at radius 2 is 2.42 bits per heavy atom. The molecule has 0 aromatic rings. The van der Waals surface area contributed by atoms with Gasteiger partial charge in [0.1, 0.15) is 6.10 Å². The Balaban J connectivity index is 2.38. The van der Waals surface area contributed by atoms with E-state index in [-0.39, 0.29) is 12.7 Å². The van der Waals surface area contributed by atoms with Crippen LogP contribution in [-0.4, -0.2) is 24.4 Å². The molecule has 2 nitrogen and oxygen atoms in total. The third-order valence-corrected chi connectivity index (χ3v) is 2.40. The number of halogens is 1. The van der Waals surface area contributed by atoms with Crippen LogP contribution >= 0.6 is 11.6 Å². The fourth-order valence-electron chi connectivity index (χ4n) is 1.48. The van der Waals surface area contributed by atoms with Crippen molar-refractivity contribution in [3.05, 3.63) is 34.4 Å². The first-order chi connectivity index (χ1) is 5.83. The summed E-state index contributed by atoms with van der Waals surface area (Å²) in [6.45, 7) is 0.545. The smallest absolute Gasteiger partial charge is 0.108 e. The predicted molar refractivity (Wildman–Crippen MR) is 46.9 cm³/mol. The molecule has 3 heteroatoms. The van der Waals surface area contributed by atoms with Crippen molar-refractivity contribution in [1.29, 1.82) is 0 Å². The molecule has 64 valence electrons. The molecule has 12 heavy (non-hydrogen) atoms. The van der Waals surface area contributed by atoms with Crippen molar-refractivity contribution in [2.75, 3.05) is 13.2 Å². The van der Waals surface area contributed by atoms with E-state index in [0.29, 0.717) is 11.6 Å². The van der Waals surface area contributed by atoms with Gasteiger partial charge in [0.25, 0.3) is 0 Å². The van der Waals surface area contributed by atoms with Crippen LogP contribution in [0.3, 0.4) is 0 Å². The van der Waals surface area contributed by atoms with Gasteiger partial charge in [-0.1, -0.05) is 23.8 Å². The molecule has 2 aliphatic rings. The van der Waals surface area contributed by atoms with Gasteiger partial charge in [-0.05, 0) is 11.6 Å². The van der Waals surface area contributed by atoms with E-state index in [1.165, 1.54) is 0 Å². The molecule has 1 unspecified atom stereocenters. The molecule has 0 aromatic carbocycles. The van der Waals surface area contributed by atoms with E-state index in [1.807, 2.05) is 18.2 Å². The van der Waals surface area contributed by atoms with Crippen molar-refractivity contribution >= 4 is 11.6 Å². The van der Waals surface area contributed by atoms with E-state index < -0.39 is 0 Å². The van der Waals surface area contributed by atoms with Crippen molar-refractivity contribution < 1.29 is 9.84 Å². The molecule has 0 aromatic heterocycles. The van der Waals surface area contributed by atoms with Crippen LogP contribution in [0.2, 0.25) is 0 Å². The maximum atomic E-state index is 8.98. The Hall–Kier alpha value is -0.570. The standard InChI is InChI=1S/C9H9ClO2/c10-7-2-1-6-3-4-12-8(5-11)9(6)7/h1-3,8,11H,4-5H2. The van der Waals surface area contributed by atoms with E-state index in [4.69, 9.17) is 21.4 Å². The number of ether oxygens (including phenoxy) is 1. The van der Waals surface area contributed by atoms with Crippen molar-refractivity contribution in [2.24, 2.45) is 0 Å². The topological polar surface area (TPSA) is 29.5 Å². The van der Waals surface area contributed by atoms with Crippen molar-refractivity contribution in [1.82, 2.24) is 0 Å². The molecule has 0 saturated heterocycles. The van der Waals surface area contributed by atoms with Gasteiger partial charge in [0.15, 0.2) is 0 Å². The summed E-state index contributed by atoms with van der Waals surface area (Å²) in [6.07, 6.45) is 5.50. The van der Waals surface area contributed by atoms with E-state index in [1.54, 1.807) is 0 Å². The van der Waals surface area contributed by atoms with Crippen molar-refractivity contribution in [3.63, 3.8) is 0 Å². The quantitative estimate of drug-likeness (QED) is 0.667. The normalized spacial score (nSPS) is 27.5. The number of fused-ring (bicyclic) bond motifs is 1. The number of hydrogen-bond acceptors (Lipinski definition) is 2. The average Bonchev–Trinajstić information content (AvgIpc) is 2.48. The lowest BCUT2D eigenvalue weighted by molar-refractivity contribution is 0.0485. The molecular weight excluding hydrogens is 176 g/mol. The first kappa shape index (κ1) is 8.05. The van der Waals surface area contributed by atoms with Crippen molar-refractivity contribution in [2.45, 2.75) is 6.10 Å². The van der Waals surface area contributed by atoms with Crippen LogP contribution in [0, 0.1) is 0 Å². The summed E-state index contributed by atoms with van der Waals surface area (Å²) in [5.41, 5.74) is 2.01. The summed E-state index contributed by atoms with van der Waals surface area (Å²) in [7, 11) is 0. The zero-order valence-electron chi connectivity index (χ0n) is 6.46. The van der Waals surface area contributed by atoms with E-state index in [9.17, 15) is 0 Å². The molecule has 0 fully saturated rings. The first-order valence-electron chi connectivity index (χ1n) is 3.83. The average molecular weight is 185 g/mol. The first-order valence-corrected chi connectivity index (χ1v) is 4.21. The molecule has 1 N–H and O–H groups in total. The second-order valence-electron chi connectivity index (χ2n) is 2.76. The van der Waals surface area contributed by atoms with Gasteiger partial charge >= 0.3 is 0 Å². The van der Waals surface area contributed by atoms with Crippen LogP contribution in [0.15, 0.2) is 34.4 Å². The van der Waals surface area contributed by atoms with Gasteiger partial charge in [-0.3, -0.25) is 0 Å². The summed E-state index contributed by atoms with van der Waals surface area (Å²) in [6, 6.07) is 0. The Morgan fingerprint density at radius 3 is 3.17 bits per heavy atom. The third kappa shape index (κ3) is 1.12. The van der Waals surface area contributed by atoms with Gasteiger partial charge in [0.05, 0.1) is 13.2 Å². The molecule has 1 atom stereocenters. The maximum absolute atomic E-state index is 8.98. The number of aliphatic hydroxyl groups excluding tert-OH is 1. The molecule has 1 aliphatic heterocycles. The molecule has 2 rings (SSSR count). The summed E-state index contributed by atoms with van der Waals surface area (Å²) >= 11 is 5.92. The summed E-state index contributed by atoms with van der Waals surface area (Å²) in [5.74, 6) is 0. The van der Waals surface area contributed by atoms with Gasteiger partial charge < -0.3 is 9.84 Å². The van der Waals surface area contributed by atoms with Crippen LogP contribution in [-0.2, 0) is 4.74 Å². The van der Waals surface area contributed by atoms with E-state index >= 15 is 0 Å². The highest BCUT2D eigenvalue weighted by Crippen LogP contribution is 2.33. The largest absolute Gasteiger partial charge is 0.393 e. The van der Waals surface area contributed by atoms with E-state index in [2.05, 4.69) is 0 Å². The van der Waals surface area contributed by atoms with Gasteiger partial charge in [-0.2, -0.15) is 0 Å². The summed E-state index contributed by atoms with van der Waals surface area (Å²) in [4.78, 5) is 0. The maximum Gasteiger partial charge on any atom is 0.108 e. The summed E-state index contributed by atoms with van der Waals surface area (Å²) in [5, 5.41) is 9.66. The fraction of sp³-hybridized carbons (Fsp3) is 0.333. The third-order valence-electron chi connectivity index (χ3n) is 2.07. The predicted octanol–water partition coefficient (Wildman–Crippen LogP) is 1.37. The Morgan fingerprint density at radius 1 is 1.58 bits per heavy atom. The number of allylic oxidation sites excluding steroid dienone is 3. The van der Waals surface area contributed by atoms with E-state index in [0.717, 1.165) is 11.1 Å². The van der Waals surface area contributed by atoms with Crippen molar-refractivity contribution in [3.8, 4) is 0 Å². The Labute approximate surface area is 75.8 Å². The minimum Gasteiger partial charge on any atom is -0.393 e. The lowest BCUT2D eigenvalue weighted by Gasteiger charge is -2.22. The van der Waals surface area contributed by atoms with Crippen LogP contribution in [0.1, 0.15) is 0 Å². The Bertz CT molecular complexity index is 289. The van der Waals surface area contributed by atoms with Gasteiger partial charge in [-0.25, -0.2) is 0 Å². The molecular formula is C9H9ClO2. The lowest BCUT2D eigenvalue weighted by atomic mass is 10.0. The molecule has 0 radical (unpaired) electrons. The van der Waals surface area contributed by atoms with Crippen LogP contribution in [0.4, 0.5) is 0 Å². The SMILES string of the molecule is OCC1OCC=C2C=CC(Cl)=C21. The molecule has 0 spiro atoms. The summed E-state index contributed by atoms with van der Waals surface area (Å²) < 4.78 is 5.30. The Kier molecular flexibility index (Phi) is 2.05. The van der Waals surface area contributed by atoms with Crippen LogP contribution < -0.4 is 0 Å². The molecule has 1 aliphatic carbocycles. The minimum absolute atomic E-state index is 0.00935.